The van der Waals surface area contributed by atoms with Crippen LogP contribution in [0.2, 0.25) is 0 Å². The Labute approximate surface area is 140 Å². The van der Waals surface area contributed by atoms with E-state index in [0.717, 1.165) is 33.8 Å². The summed E-state index contributed by atoms with van der Waals surface area (Å²) in [6.45, 7) is 7.32. The first-order chi connectivity index (χ1) is 11.6. The molecule has 3 rings (SSSR count). The Bertz CT molecular complexity index is 824. The van der Waals surface area contributed by atoms with Crippen molar-refractivity contribution in [2.75, 3.05) is 11.9 Å². The van der Waals surface area contributed by atoms with Crippen LogP contribution >= 0.6 is 0 Å². The summed E-state index contributed by atoms with van der Waals surface area (Å²) in [4.78, 5) is 0. The Morgan fingerprint density at radius 1 is 1.25 bits per heavy atom. The van der Waals surface area contributed by atoms with Crippen LogP contribution < -0.4 is 5.32 Å². The van der Waals surface area contributed by atoms with Crippen LogP contribution in [0.25, 0.3) is 11.5 Å². The summed E-state index contributed by atoms with van der Waals surface area (Å²) in [5.41, 5.74) is 6.21. The topological polar surface area (TPSA) is 89.0 Å². The summed E-state index contributed by atoms with van der Waals surface area (Å²) in [6.07, 6.45) is 1.32. The number of aromatic nitrogens is 4. The largest absolute Gasteiger partial charge is 0.423 e. The zero-order chi connectivity index (χ0) is 17.1. The lowest BCUT2D eigenvalue weighted by atomic mass is 10.1. The first kappa shape index (κ1) is 16.2. The Kier molecular flexibility index (Phi) is 4.61. The van der Waals surface area contributed by atoms with E-state index in [1.807, 2.05) is 36.7 Å². The summed E-state index contributed by atoms with van der Waals surface area (Å²) in [5, 5.41) is 24.7. The van der Waals surface area contributed by atoms with Gasteiger partial charge in [0, 0.05) is 29.1 Å². The monoisotopic (exact) mass is 327 g/mol. The molecule has 0 saturated carbocycles. The highest BCUT2D eigenvalue weighted by molar-refractivity contribution is 5.64. The number of aliphatic hydroxyl groups excluding tert-OH is 1. The fourth-order valence-corrected chi connectivity index (χ4v) is 2.73. The molecule has 0 unspecified atom stereocenters. The number of rotatable bonds is 6. The third-order valence-electron chi connectivity index (χ3n) is 4.14. The van der Waals surface area contributed by atoms with Crippen LogP contribution in [0.4, 0.5) is 5.69 Å². The van der Waals surface area contributed by atoms with Gasteiger partial charge in [0.2, 0.25) is 12.3 Å². The normalized spacial score (nSPS) is 11.0. The highest BCUT2D eigenvalue weighted by Crippen LogP contribution is 2.25. The molecule has 1 aromatic carbocycles. The number of hydrogen-bond acceptors (Lipinski definition) is 6. The molecule has 24 heavy (non-hydrogen) atoms. The number of hydrogen-bond donors (Lipinski definition) is 2. The van der Waals surface area contributed by atoms with Crippen LogP contribution in [0.15, 0.2) is 29.0 Å². The van der Waals surface area contributed by atoms with Gasteiger partial charge in [-0.2, -0.15) is 5.10 Å². The second-order valence-electron chi connectivity index (χ2n) is 5.72. The molecule has 0 radical (unpaired) electrons. The predicted octanol–water partition coefficient (Wildman–Crippen LogP) is 2.46. The Hall–Kier alpha value is -2.67. The predicted molar refractivity (Wildman–Crippen MR) is 90.6 cm³/mol. The molecule has 0 aliphatic rings. The van der Waals surface area contributed by atoms with Crippen molar-refractivity contribution in [2.45, 2.75) is 33.9 Å². The van der Waals surface area contributed by atoms with Crippen LogP contribution in [0.1, 0.15) is 22.5 Å². The second kappa shape index (κ2) is 6.84. The first-order valence-electron chi connectivity index (χ1n) is 7.85. The Morgan fingerprint density at radius 3 is 2.79 bits per heavy atom. The van der Waals surface area contributed by atoms with Crippen molar-refractivity contribution < 1.29 is 9.52 Å². The van der Waals surface area contributed by atoms with E-state index in [-0.39, 0.29) is 6.61 Å². The summed E-state index contributed by atoms with van der Waals surface area (Å²) in [6, 6.07) is 5.99. The van der Waals surface area contributed by atoms with Gasteiger partial charge in [0.15, 0.2) is 0 Å². The molecule has 0 spiro atoms. The van der Waals surface area contributed by atoms with Gasteiger partial charge >= 0.3 is 0 Å². The number of nitrogens with zero attached hydrogens (tertiary/aromatic N) is 4. The Balaban J connectivity index is 1.81. The third-order valence-corrected chi connectivity index (χ3v) is 4.14. The molecule has 0 bridgehead atoms. The second-order valence-corrected chi connectivity index (χ2v) is 5.72. The summed E-state index contributed by atoms with van der Waals surface area (Å²) in [5.74, 6) is 0.501. The number of aryl methyl sites for hydroxylation is 2. The molecular weight excluding hydrogens is 306 g/mol. The molecule has 2 aromatic heterocycles. The molecule has 0 aliphatic heterocycles. The average Bonchev–Trinajstić information content (AvgIpc) is 3.18. The highest BCUT2D eigenvalue weighted by Gasteiger charge is 2.12. The van der Waals surface area contributed by atoms with Crippen LogP contribution in [0, 0.1) is 20.8 Å². The fourth-order valence-electron chi connectivity index (χ4n) is 2.73. The molecule has 0 amide bonds. The van der Waals surface area contributed by atoms with E-state index in [0.29, 0.717) is 19.0 Å². The third kappa shape index (κ3) is 3.16. The number of anilines is 1. The maximum atomic E-state index is 9.11. The van der Waals surface area contributed by atoms with Gasteiger partial charge in [0.1, 0.15) is 0 Å². The standard InChI is InChI=1S/C17H21N5O2/c1-11-4-5-14(17-20-19-10-24-17)8-16(11)18-9-15-12(2)21-22(6-7-23)13(15)3/h4-5,8,10,18,23H,6-7,9H2,1-3H3. The van der Waals surface area contributed by atoms with Gasteiger partial charge in [-0.15, -0.1) is 10.2 Å². The zero-order valence-corrected chi connectivity index (χ0v) is 14.1. The molecule has 126 valence electrons. The minimum absolute atomic E-state index is 0.0835. The smallest absolute Gasteiger partial charge is 0.247 e. The van der Waals surface area contributed by atoms with Crippen LogP contribution in [-0.2, 0) is 13.1 Å². The molecule has 7 heteroatoms. The van der Waals surface area contributed by atoms with Crippen molar-refractivity contribution in [3.63, 3.8) is 0 Å². The van der Waals surface area contributed by atoms with Crippen LogP contribution in [0.5, 0.6) is 0 Å². The lowest BCUT2D eigenvalue weighted by Crippen LogP contribution is -2.07. The first-order valence-corrected chi connectivity index (χ1v) is 7.85. The summed E-state index contributed by atoms with van der Waals surface area (Å²) < 4.78 is 7.10. The van der Waals surface area contributed by atoms with Crippen molar-refractivity contribution in [1.29, 1.82) is 0 Å². The SMILES string of the molecule is Cc1ccc(-c2nnco2)cc1NCc1c(C)nn(CCO)c1C. The van der Waals surface area contributed by atoms with E-state index in [9.17, 15) is 0 Å². The number of nitrogens with one attached hydrogen (secondary N) is 1. The lowest BCUT2D eigenvalue weighted by Gasteiger charge is -2.11. The van der Waals surface area contributed by atoms with E-state index in [2.05, 4.69) is 27.5 Å². The average molecular weight is 327 g/mol. The van der Waals surface area contributed by atoms with Gasteiger partial charge in [0.25, 0.3) is 0 Å². The van der Waals surface area contributed by atoms with E-state index in [4.69, 9.17) is 9.52 Å². The molecule has 2 N–H and O–H groups in total. The van der Waals surface area contributed by atoms with Gasteiger partial charge < -0.3 is 14.8 Å². The fraction of sp³-hybridized carbons (Fsp3) is 0.353. The molecular formula is C17H21N5O2. The number of aliphatic hydroxyl groups is 1. The molecule has 2 heterocycles. The van der Waals surface area contributed by atoms with Crippen molar-refractivity contribution in [3.05, 3.63) is 47.1 Å². The van der Waals surface area contributed by atoms with Crippen molar-refractivity contribution in [2.24, 2.45) is 0 Å². The van der Waals surface area contributed by atoms with E-state index < -0.39 is 0 Å². The Morgan fingerprint density at radius 2 is 2.08 bits per heavy atom. The maximum Gasteiger partial charge on any atom is 0.247 e. The molecule has 0 atom stereocenters. The van der Waals surface area contributed by atoms with Crippen molar-refractivity contribution >= 4 is 5.69 Å². The van der Waals surface area contributed by atoms with Gasteiger partial charge in [-0.05, 0) is 38.5 Å². The molecule has 0 fully saturated rings. The van der Waals surface area contributed by atoms with E-state index in [1.54, 1.807) is 0 Å². The van der Waals surface area contributed by atoms with Gasteiger partial charge in [0.05, 0.1) is 18.8 Å². The minimum Gasteiger partial charge on any atom is -0.423 e. The van der Waals surface area contributed by atoms with Crippen LogP contribution in [-0.4, -0.2) is 31.7 Å². The zero-order valence-electron chi connectivity index (χ0n) is 14.1. The minimum atomic E-state index is 0.0835. The van der Waals surface area contributed by atoms with Gasteiger partial charge in [-0.1, -0.05) is 6.07 Å². The van der Waals surface area contributed by atoms with Crippen molar-refractivity contribution in [3.8, 4) is 11.5 Å². The molecule has 3 aromatic rings. The summed E-state index contributed by atoms with van der Waals surface area (Å²) >= 11 is 0. The van der Waals surface area contributed by atoms with E-state index in [1.165, 1.54) is 6.39 Å². The quantitative estimate of drug-likeness (QED) is 0.723. The molecule has 0 saturated heterocycles. The lowest BCUT2D eigenvalue weighted by molar-refractivity contribution is 0.268. The van der Waals surface area contributed by atoms with Crippen LogP contribution in [0.3, 0.4) is 0 Å². The number of benzene rings is 1. The molecule has 0 aliphatic carbocycles. The maximum absolute atomic E-state index is 9.11. The summed E-state index contributed by atoms with van der Waals surface area (Å²) in [7, 11) is 0. The van der Waals surface area contributed by atoms with Gasteiger partial charge in [-0.3, -0.25) is 4.68 Å². The van der Waals surface area contributed by atoms with Gasteiger partial charge in [-0.25, -0.2) is 0 Å². The van der Waals surface area contributed by atoms with Crippen molar-refractivity contribution in [1.82, 2.24) is 20.0 Å². The highest BCUT2D eigenvalue weighted by atomic mass is 16.4. The van der Waals surface area contributed by atoms with E-state index >= 15 is 0 Å². The molecule has 7 nitrogen and oxygen atoms in total.